The first-order chi connectivity index (χ1) is 28.5. The third kappa shape index (κ3) is 14.9. The summed E-state index contributed by atoms with van der Waals surface area (Å²) in [5.74, 6) is -0.00655. The molecule has 6 N–H and O–H groups in total. The van der Waals surface area contributed by atoms with Crippen LogP contribution in [0.3, 0.4) is 0 Å². The van der Waals surface area contributed by atoms with E-state index in [0.717, 1.165) is 63.9 Å². The lowest BCUT2D eigenvalue weighted by Gasteiger charge is -2.29. The molecule has 59 heavy (non-hydrogen) atoms. The smallest absolute Gasteiger partial charge is 0.396 e. The monoisotopic (exact) mass is 846 g/mol. The molecule has 4 rings (SSSR count). The van der Waals surface area contributed by atoms with Crippen LogP contribution in [-0.4, -0.2) is 91.8 Å². The van der Waals surface area contributed by atoms with Gasteiger partial charge in [0.05, 0.1) is 43.3 Å². The van der Waals surface area contributed by atoms with Crippen molar-refractivity contribution in [2.24, 2.45) is 10.9 Å². The number of rotatable bonds is 29. The summed E-state index contributed by atoms with van der Waals surface area (Å²) in [4.78, 5) is 18.9. The molecule has 1 aliphatic rings. The molecule has 1 aromatic carbocycles. The van der Waals surface area contributed by atoms with Gasteiger partial charge in [0.2, 0.25) is 0 Å². The third-order valence-electron chi connectivity index (χ3n) is 11.0. The molecule has 0 spiro atoms. The number of aliphatic hydroxyl groups excluding tert-OH is 3. The molecule has 1 saturated heterocycles. The average molecular weight is 847 g/mol. The summed E-state index contributed by atoms with van der Waals surface area (Å²) in [6.45, 7) is 1.27. The molecule has 2 unspecified atom stereocenters. The molecule has 3 heterocycles. The van der Waals surface area contributed by atoms with Gasteiger partial charge in [-0.25, -0.2) is 18.5 Å². The molecule has 3 aromatic rings. The van der Waals surface area contributed by atoms with E-state index < -0.39 is 50.3 Å². The molecule has 0 amide bonds. The summed E-state index contributed by atoms with van der Waals surface area (Å²) in [6, 6.07) is 9.13. The molecular formula is C42H64FN6O9P. The number of anilines is 1. The van der Waals surface area contributed by atoms with E-state index >= 15 is 0 Å². The lowest BCUT2D eigenvalue weighted by Crippen LogP contribution is -2.48. The Bertz CT molecular complexity index is 1830. The number of aromatic nitrogens is 3. The van der Waals surface area contributed by atoms with Crippen molar-refractivity contribution in [3.63, 3.8) is 0 Å². The third-order valence-corrected chi connectivity index (χ3v) is 11.9. The Morgan fingerprint density at radius 1 is 1.03 bits per heavy atom. The highest BCUT2D eigenvalue weighted by molar-refractivity contribution is 7.47. The first-order valence-corrected chi connectivity index (χ1v) is 22.5. The van der Waals surface area contributed by atoms with Gasteiger partial charge in [0.15, 0.2) is 11.4 Å². The topological polar surface area (TPSA) is 227 Å². The number of unbranched alkanes of at least 4 members (excludes halogenated alkanes) is 10. The number of aliphatic hydroxyl groups is 3. The van der Waals surface area contributed by atoms with E-state index in [9.17, 15) is 34.4 Å². The van der Waals surface area contributed by atoms with Crippen molar-refractivity contribution in [1.82, 2.24) is 14.6 Å². The second-order valence-electron chi connectivity index (χ2n) is 15.6. The maximum absolute atomic E-state index is 14.3. The van der Waals surface area contributed by atoms with Gasteiger partial charge in [0, 0.05) is 19.9 Å². The fraction of sp³-hybridized carbons (Fsp3) is 0.667. The predicted octanol–water partition coefficient (Wildman–Crippen LogP) is 7.14. The fourth-order valence-electron chi connectivity index (χ4n) is 7.68. The van der Waals surface area contributed by atoms with E-state index in [1.165, 1.54) is 74.8 Å². The summed E-state index contributed by atoms with van der Waals surface area (Å²) < 4.78 is 52.4. The van der Waals surface area contributed by atoms with Gasteiger partial charge in [-0.2, -0.15) is 10.4 Å². The zero-order valence-corrected chi connectivity index (χ0v) is 35.4. The van der Waals surface area contributed by atoms with E-state index in [1.54, 1.807) is 12.1 Å². The van der Waals surface area contributed by atoms with Crippen molar-refractivity contribution in [2.75, 3.05) is 32.6 Å². The van der Waals surface area contributed by atoms with Crippen LogP contribution < -0.4 is 5.73 Å². The number of fused-ring (bicyclic) bond motifs is 1. The number of phosphoric acid groups is 1. The molecule has 2 aromatic heterocycles. The number of hydrogen-bond donors (Lipinski definition) is 5. The fourth-order valence-corrected chi connectivity index (χ4v) is 8.47. The molecule has 0 saturated carbocycles. The average Bonchev–Trinajstić information content (AvgIpc) is 3.76. The minimum Gasteiger partial charge on any atom is -0.396 e. The van der Waals surface area contributed by atoms with Gasteiger partial charge in [-0.3, -0.25) is 14.0 Å². The van der Waals surface area contributed by atoms with Gasteiger partial charge in [-0.05, 0) is 61.1 Å². The first-order valence-electron chi connectivity index (χ1n) is 21.0. The van der Waals surface area contributed by atoms with E-state index in [-0.39, 0.29) is 31.2 Å². The van der Waals surface area contributed by atoms with Crippen LogP contribution in [0.15, 0.2) is 41.7 Å². The van der Waals surface area contributed by atoms with Crippen molar-refractivity contribution < 1.29 is 47.7 Å². The van der Waals surface area contributed by atoms with Crippen LogP contribution in [0.2, 0.25) is 0 Å². The second-order valence-corrected chi connectivity index (χ2v) is 17.0. The molecule has 0 aliphatic carbocycles. The van der Waals surface area contributed by atoms with Crippen molar-refractivity contribution in [3.8, 4) is 6.07 Å². The number of hydrogen-bond acceptors (Lipinski definition) is 13. The van der Waals surface area contributed by atoms with Gasteiger partial charge in [-0.1, -0.05) is 90.4 Å². The molecular weight excluding hydrogens is 782 g/mol. The summed E-state index contributed by atoms with van der Waals surface area (Å²) in [7, 11) is -3.42. The Morgan fingerprint density at radius 2 is 1.73 bits per heavy atom. The van der Waals surface area contributed by atoms with Crippen LogP contribution in [0.1, 0.15) is 133 Å². The van der Waals surface area contributed by atoms with Crippen molar-refractivity contribution >= 4 is 25.4 Å². The zero-order valence-electron chi connectivity index (χ0n) is 34.5. The Hall–Kier alpha value is -3.36. The molecule has 328 valence electrons. The number of halogens is 1. The molecule has 1 fully saturated rings. The highest BCUT2D eigenvalue weighted by Crippen LogP contribution is 2.47. The Morgan fingerprint density at radius 3 is 2.41 bits per heavy atom. The summed E-state index contributed by atoms with van der Waals surface area (Å²) >= 11 is 0. The SMILES string of the molecule is CCCCCCCCCCC(CCCCCCO)CC[C@H](COP(=O)(O)OC[C@@]1(C=NC)O[C@@H](c2ccc3c(N)ncnn23)[C@H](O)[C@@H]1O)OCc1cc(F)cc(C#N)c1. The number of benzene rings is 1. The van der Waals surface area contributed by atoms with Crippen molar-refractivity contribution in [3.05, 3.63) is 59.3 Å². The normalized spacial score (nSPS) is 21.6. The van der Waals surface area contributed by atoms with Crippen LogP contribution in [-0.2, 0) is 29.7 Å². The lowest BCUT2D eigenvalue weighted by atomic mass is 9.89. The van der Waals surface area contributed by atoms with Gasteiger partial charge in [0.1, 0.15) is 36.0 Å². The number of phosphoric ester groups is 1. The van der Waals surface area contributed by atoms with Gasteiger partial charge in [-0.15, -0.1) is 0 Å². The number of ether oxygens (including phenoxy) is 2. The highest BCUT2D eigenvalue weighted by Gasteiger charge is 2.55. The Balaban J connectivity index is 1.43. The first kappa shape index (κ1) is 48.3. The van der Waals surface area contributed by atoms with Crippen molar-refractivity contribution in [1.29, 1.82) is 5.26 Å². The molecule has 1 aliphatic heterocycles. The van der Waals surface area contributed by atoms with Crippen LogP contribution in [0, 0.1) is 23.1 Å². The Labute approximate surface area is 347 Å². The Kier molecular flexibility index (Phi) is 20.3. The standard InChI is InChI=1S/C42H64FN6O9P/c1-3-4-5-6-7-8-9-12-15-31(16-13-10-11-14-21-50)17-18-35(55-26-33-22-32(25-44)23-34(43)24-33)27-56-59(53,54)57-29-42(28-46-2)40(52)38(51)39(58-42)36-19-20-37-41(45)47-30-48-49(36)37/h19-20,22-24,28,30-31,35,38-40,50-52H,3-18,21,26-27,29H2,1-2H3,(H,53,54)(H2,45,47,48)/t31?,35-,38+,39+,40+,42-/m1/s1. The van der Waals surface area contributed by atoms with Crippen LogP contribution in [0.4, 0.5) is 10.2 Å². The van der Waals surface area contributed by atoms with E-state index in [2.05, 4.69) is 22.0 Å². The minimum atomic E-state index is -4.84. The van der Waals surface area contributed by atoms with E-state index in [1.807, 2.05) is 6.07 Å². The van der Waals surface area contributed by atoms with Gasteiger partial charge in [0.25, 0.3) is 0 Å². The number of nitrogens with zero attached hydrogens (tertiary/aromatic N) is 5. The molecule has 15 nitrogen and oxygen atoms in total. The highest BCUT2D eigenvalue weighted by atomic mass is 31.2. The largest absolute Gasteiger partial charge is 0.472 e. The zero-order chi connectivity index (χ0) is 42.7. The minimum absolute atomic E-state index is 0.0682. The maximum Gasteiger partial charge on any atom is 0.472 e. The number of nitriles is 1. The molecule has 0 radical (unpaired) electrons. The molecule has 17 heteroatoms. The van der Waals surface area contributed by atoms with Crippen molar-refractivity contribution in [2.45, 2.75) is 146 Å². The number of nitrogen functional groups attached to an aromatic ring is 1. The predicted molar refractivity (Wildman–Crippen MR) is 222 cm³/mol. The van der Waals surface area contributed by atoms with E-state index in [4.69, 9.17) is 24.3 Å². The van der Waals surface area contributed by atoms with Gasteiger partial charge < -0.3 is 35.4 Å². The van der Waals surface area contributed by atoms with E-state index in [0.29, 0.717) is 29.1 Å². The number of aliphatic imine (C=N–C) groups is 1. The quantitative estimate of drug-likeness (QED) is 0.0266. The molecule has 7 atom stereocenters. The second kappa shape index (κ2) is 24.8. The van der Waals surface area contributed by atoms with Gasteiger partial charge >= 0.3 is 7.82 Å². The van der Waals surface area contributed by atoms with Crippen LogP contribution in [0.5, 0.6) is 0 Å². The van der Waals surface area contributed by atoms with Crippen LogP contribution in [0.25, 0.3) is 5.52 Å². The summed E-state index contributed by atoms with van der Waals surface area (Å²) in [5.41, 5.74) is 5.50. The summed E-state index contributed by atoms with van der Waals surface area (Å²) in [6.07, 6.45) is 14.3. The summed E-state index contributed by atoms with van der Waals surface area (Å²) in [5, 5.41) is 45.1. The maximum atomic E-state index is 14.3. The van der Waals surface area contributed by atoms with Crippen LogP contribution >= 0.6 is 7.82 Å². The lowest BCUT2D eigenvalue weighted by molar-refractivity contribution is -0.0656. The number of nitrogens with two attached hydrogens (primary N) is 1. The molecule has 0 bridgehead atoms.